The maximum atomic E-state index is 12.6. The van der Waals surface area contributed by atoms with E-state index in [1.54, 1.807) is 102 Å². The zero-order chi connectivity index (χ0) is 101. The number of nitro benzene ring substituents is 1. The molecule has 0 bridgehead atoms. The lowest BCUT2D eigenvalue weighted by Gasteiger charge is -2.32. The molecule has 8 aromatic rings. The highest BCUT2D eigenvalue weighted by Gasteiger charge is 2.50. The van der Waals surface area contributed by atoms with Gasteiger partial charge in [0.25, 0.3) is 29.8 Å². The molecule has 12 rings (SSSR count). The molecule has 8 aromatic carbocycles. The van der Waals surface area contributed by atoms with E-state index in [9.17, 15) is 131 Å². The van der Waals surface area contributed by atoms with Gasteiger partial charge in [-0.25, -0.2) is 42.1 Å². The number of rotatable bonds is 28. The Labute approximate surface area is 779 Å². The first-order valence-corrected chi connectivity index (χ1v) is 47.4. The van der Waals surface area contributed by atoms with Gasteiger partial charge in [0.15, 0.2) is 17.0 Å². The number of nitrogens with one attached hydrogen (secondary N) is 3. The Hall–Kier alpha value is -14.0. The molecule has 11 N–H and O–H groups in total. The number of Topliss-reactive ketones (excluding diaryl/α,β-unsaturated/α-hetero) is 2. The number of amides is 3. The zero-order valence-corrected chi connectivity index (χ0v) is 78.2. The number of aliphatic carboxylic acids is 3. The molecule has 3 unspecified atom stereocenters. The van der Waals surface area contributed by atoms with E-state index >= 15 is 0 Å². The molecule has 40 nitrogen and oxygen atoms in total. The number of nitro groups is 1. The predicted molar refractivity (Wildman–Crippen MR) is 493 cm³/mol. The number of allylic oxidation sites excluding steroid dienone is 2. The Balaban J connectivity index is 0.000000262. The van der Waals surface area contributed by atoms with Crippen molar-refractivity contribution in [1.29, 1.82) is 0 Å². The van der Waals surface area contributed by atoms with Gasteiger partial charge in [0.2, 0.25) is 29.3 Å². The van der Waals surface area contributed by atoms with Gasteiger partial charge in [0.05, 0.1) is 27.7 Å². The summed E-state index contributed by atoms with van der Waals surface area (Å²) in [6.07, 6.45) is 1.78. The summed E-state index contributed by atoms with van der Waals surface area (Å²) >= 11 is 0. The summed E-state index contributed by atoms with van der Waals surface area (Å²) in [5.74, 6) is -8.83. The molecule has 2 aliphatic carbocycles. The maximum absolute atomic E-state index is 12.6. The first kappa shape index (κ1) is 106. The molecular formula is C90H97N10O30S5-5. The molecular weight excluding hydrogens is 1860 g/mol. The number of ketones is 2. The van der Waals surface area contributed by atoms with Crippen LogP contribution in [0.3, 0.4) is 0 Å². The second-order valence-electron chi connectivity index (χ2n) is 31.3. The van der Waals surface area contributed by atoms with E-state index in [2.05, 4.69) is 39.6 Å². The molecule has 2 fully saturated rings. The molecule has 45 heteroatoms. The topological polar surface area (TPSA) is 657 Å². The van der Waals surface area contributed by atoms with E-state index in [0.29, 0.717) is 33.4 Å². The second-order valence-corrected chi connectivity index (χ2v) is 39.5. The van der Waals surface area contributed by atoms with E-state index in [1.807, 2.05) is 20.8 Å². The van der Waals surface area contributed by atoms with Crippen LogP contribution in [0.15, 0.2) is 246 Å². The Morgan fingerprint density at radius 3 is 0.978 bits per heavy atom. The largest absolute Gasteiger partial charge is 0.533 e. The number of benzene rings is 8. The van der Waals surface area contributed by atoms with Gasteiger partial charge in [-0.05, 0) is 256 Å². The van der Waals surface area contributed by atoms with Crippen LogP contribution < -0.4 is 21.7 Å². The van der Waals surface area contributed by atoms with Crippen LogP contribution >= 0.6 is 0 Å². The third-order valence-corrected chi connectivity index (χ3v) is 27.8. The highest BCUT2D eigenvalue weighted by atomic mass is 32.2. The fraction of sp³-hybridized carbons (Fsp3) is 0.267. The van der Waals surface area contributed by atoms with Gasteiger partial charge in [-0.15, -0.1) is 0 Å². The number of aromatic hydroxyl groups is 3. The van der Waals surface area contributed by atoms with Crippen LogP contribution in [-0.4, -0.2) is 178 Å². The molecule has 0 aromatic heterocycles. The number of hydrogen-bond acceptors (Lipinski definition) is 28. The number of carbonyl (C=O) groups is 10. The SMILES string of the molecule is CC(=O)NC1=C[C@@]2(C[C@H]([N-]S(=O)(=O)c3ccc(C)cc3)C(=O)O2)C(C)=C(C)C1=O.CC(=O)NC1=C[C@]2(C[C@H]([N-]S(=O)(=O)c3ccc(C)cc3)C(=O)O2)C(C)=C(C)C1=O.CC(=O)Nc1cc(CC([N-]S(=O)(=O)c2ccc(C)cc2)C(=O)O)ccc1O.Cc1ccc(S(=O)(=O)[N-]C(Cc2ccc(O)c(N)c2)C(=O)O)cc1.Cc1ccc(S(=O)(=O)[N-]C(Cc2ccc(O)c([N+](=O)[O-])c2)C(=O)O)cc1.[HH].[HH]. The first-order chi connectivity index (χ1) is 62.8. The van der Waals surface area contributed by atoms with Crippen LogP contribution in [0.25, 0.3) is 23.6 Å². The van der Waals surface area contributed by atoms with Crippen LogP contribution in [0.5, 0.6) is 17.2 Å². The molecule has 2 aliphatic heterocycles. The van der Waals surface area contributed by atoms with E-state index in [0.717, 1.165) is 39.9 Å². The number of phenols is 3. The third-order valence-electron chi connectivity index (χ3n) is 20.8. The van der Waals surface area contributed by atoms with Crippen molar-refractivity contribution in [2.75, 3.05) is 11.1 Å². The lowest BCUT2D eigenvalue weighted by molar-refractivity contribution is -0.385. The van der Waals surface area contributed by atoms with Crippen LogP contribution in [0.2, 0.25) is 0 Å². The minimum atomic E-state index is -4.22. The zero-order valence-electron chi connectivity index (χ0n) is 74.1. The number of aryl methyl sites for hydroxylation is 5. The smallest absolute Gasteiger partial charge is 0.310 e. The van der Waals surface area contributed by atoms with E-state index < -0.39 is 155 Å². The predicted octanol–water partition coefficient (Wildman–Crippen LogP) is 11.4. The summed E-state index contributed by atoms with van der Waals surface area (Å²) < 4.78 is 153. The number of nitrogens with two attached hydrogens (primary N) is 1. The number of nitrogens with zero attached hydrogens (tertiary/aromatic N) is 6. The van der Waals surface area contributed by atoms with Crippen LogP contribution in [0.4, 0.5) is 17.1 Å². The van der Waals surface area contributed by atoms with E-state index in [-0.39, 0.29) is 111 Å². The number of sulfonamides is 5. The first-order valence-electron chi connectivity index (χ1n) is 40.2. The van der Waals surface area contributed by atoms with Crippen molar-refractivity contribution >= 4 is 126 Å². The van der Waals surface area contributed by atoms with Crippen LogP contribution in [0, 0.1) is 44.7 Å². The number of phenolic OH excluding ortho intramolecular Hbond substituents is 3. The normalized spacial score (nSPS) is 17.7. The molecule has 7 atom stereocenters. The Bertz CT molecular complexity index is 6590. The minimum absolute atomic E-state index is 0. The fourth-order valence-electron chi connectivity index (χ4n) is 13.3. The number of carboxylic acid groups (broad SMARTS) is 3. The average Bonchev–Trinajstić information content (AvgIpc) is 1.60. The van der Waals surface area contributed by atoms with E-state index in [4.69, 9.17) is 15.2 Å². The highest BCUT2D eigenvalue weighted by molar-refractivity contribution is 7.95. The van der Waals surface area contributed by atoms with Gasteiger partial charge in [-0.2, -0.15) is 0 Å². The van der Waals surface area contributed by atoms with Crippen molar-refractivity contribution in [3.05, 3.63) is 300 Å². The number of ether oxygens (including phenoxy) is 2. The van der Waals surface area contributed by atoms with Gasteiger partial charge in [0.1, 0.15) is 61.6 Å². The molecule has 3 amide bonds. The van der Waals surface area contributed by atoms with Crippen LogP contribution in [0.1, 0.15) is 109 Å². The molecule has 0 saturated carbocycles. The van der Waals surface area contributed by atoms with Gasteiger partial charge < -0.3 is 85.4 Å². The molecule has 2 saturated heterocycles. The standard InChI is InChI=1S/2C20H21N2O6S.C18H19N2O6S.C16H15N2O7S.C16H17N2O5S.2H2/c2*1-11-5-7-15(8-6-11)29(26,27)22-17-10-20(28-19(17)25)9-16(21-14(4)23)18(24)12(2)13(20)3;1-11-3-6-14(7-4-11)27(25,26)20-16(18(23)24)10-13-5-8-17(22)15(9-13)19-12(2)21;1-10-2-5-12(6-3-10)26(24,25)17-13(16(20)21)8-11-4-7-15(19)14(9-11)18(22)23;1-10-2-5-12(6-3-10)24(22,23)18-14(16(20)21)9-11-4-7-15(19)13(17)8-11;;/h2*5-9,17H,10H2,1-4H3,(H,21,23);3-9,16,22H,10H2,1-2H3,(H,19,21)(H,23,24);2-7,9,13,19H,8H2,1H3,(H,20,21);2-8,14,19H,9,17H2,1H3,(H,20,21);2*1H/q5*-1;;/t17-,20+;17-,20-;;;;;/m00...../s1. The van der Waals surface area contributed by atoms with Crippen molar-refractivity contribution in [3.8, 4) is 17.2 Å². The number of nitrogen functional groups attached to an aromatic ring is 1. The molecule has 4 aliphatic rings. The van der Waals surface area contributed by atoms with Crippen molar-refractivity contribution in [1.82, 2.24) is 10.6 Å². The number of esters is 2. The van der Waals surface area contributed by atoms with Gasteiger partial charge in [-0.1, -0.05) is 107 Å². The second kappa shape index (κ2) is 43.8. The number of anilines is 2. The summed E-state index contributed by atoms with van der Waals surface area (Å²) in [5, 5.41) is 74.6. The summed E-state index contributed by atoms with van der Waals surface area (Å²) in [5.41, 5.74) is 9.44. The Morgan fingerprint density at radius 2 is 0.696 bits per heavy atom. The molecule has 0 radical (unpaired) electrons. The molecule has 722 valence electrons. The van der Waals surface area contributed by atoms with Gasteiger partial charge in [-0.3, -0.25) is 58.1 Å². The summed E-state index contributed by atoms with van der Waals surface area (Å²) in [7, 11) is -20.6. The quantitative estimate of drug-likeness (QED) is 0.00716. The highest BCUT2D eigenvalue weighted by Crippen LogP contribution is 2.46. The van der Waals surface area contributed by atoms with Gasteiger partial charge >= 0.3 is 5.69 Å². The third kappa shape index (κ3) is 28.1. The fourth-order valence-corrected chi connectivity index (χ4v) is 18.8. The molecule has 135 heavy (non-hydrogen) atoms. The van der Waals surface area contributed by atoms with Crippen molar-refractivity contribution < 1.29 is 138 Å². The summed E-state index contributed by atoms with van der Waals surface area (Å²) in [6.45, 7) is 19.2. The molecule has 2 spiro atoms. The Kier molecular flexibility index (Phi) is 34.5. The minimum Gasteiger partial charge on any atom is -0.533 e. The summed E-state index contributed by atoms with van der Waals surface area (Å²) in [4.78, 5) is 128. The van der Waals surface area contributed by atoms with Gasteiger partial charge in [0, 0.05) is 65.3 Å². The number of carboxylic acids is 3. The maximum Gasteiger partial charge on any atom is 0.310 e. The van der Waals surface area contributed by atoms with Crippen LogP contribution in [-0.2, 0) is 127 Å². The monoisotopic (exact) mass is 1960 g/mol. The van der Waals surface area contributed by atoms with Crippen molar-refractivity contribution in [3.63, 3.8) is 0 Å². The Morgan fingerprint density at radius 1 is 0.422 bits per heavy atom. The lowest BCUT2D eigenvalue weighted by atomic mass is 9.81. The molecule has 2 heterocycles. The van der Waals surface area contributed by atoms with Crippen molar-refractivity contribution in [2.45, 2.75) is 181 Å². The number of carbonyl (C=O) groups excluding carboxylic acids is 7. The lowest BCUT2D eigenvalue weighted by Crippen LogP contribution is -2.38. The number of hydrogen-bond donors (Lipinski definition) is 10. The van der Waals surface area contributed by atoms with Crippen molar-refractivity contribution in [2.24, 2.45) is 0 Å². The average molecular weight is 1960 g/mol. The van der Waals surface area contributed by atoms with E-state index in [1.165, 1.54) is 136 Å². The summed E-state index contributed by atoms with van der Waals surface area (Å²) in [6, 6.07) is 34.3.